The molecule has 2 N–H and O–H groups in total. The predicted molar refractivity (Wildman–Crippen MR) is 126 cm³/mol. The highest BCUT2D eigenvalue weighted by molar-refractivity contribution is 6.50. The smallest absolute Gasteiger partial charge is 0.255 e. The van der Waals surface area contributed by atoms with E-state index in [1.807, 2.05) is 0 Å². The van der Waals surface area contributed by atoms with Crippen LogP contribution in [0.5, 0.6) is 11.5 Å². The van der Waals surface area contributed by atoms with Gasteiger partial charge in [-0.05, 0) is 24.3 Å². The zero-order chi connectivity index (χ0) is 23.5. The van der Waals surface area contributed by atoms with Gasteiger partial charge in [0.15, 0.2) is 0 Å². The van der Waals surface area contributed by atoms with Gasteiger partial charge in [-0.2, -0.15) is 0 Å². The number of carbonyl (C=O) groups is 3. The Balaban J connectivity index is 1.51. The van der Waals surface area contributed by atoms with Gasteiger partial charge in [0.1, 0.15) is 22.2 Å². The molecule has 0 aliphatic heterocycles. The second-order valence-corrected chi connectivity index (χ2v) is 7.53. The van der Waals surface area contributed by atoms with Gasteiger partial charge in [0.2, 0.25) is 11.6 Å². The average molecular weight is 463 g/mol. The van der Waals surface area contributed by atoms with Crippen LogP contribution in [-0.4, -0.2) is 31.7 Å². The molecule has 1 aliphatic rings. The van der Waals surface area contributed by atoms with E-state index in [2.05, 4.69) is 10.6 Å². The Morgan fingerprint density at radius 3 is 1.94 bits per heavy atom. The fourth-order valence-corrected chi connectivity index (χ4v) is 3.62. The minimum absolute atomic E-state index is 0.000966. The van der Waals surface area contributed by atoms with Crippen molar-refractivity contribution in [2.24, 2.45) is 0 Å². The van der Waals surface area contributed by atoms with Crippen LogP contribution in [0.2, 0.25) is 0 Å². The van der Waals surface area contributed by atoms with Crippen molar-refractivity contribution in [1.82, 2.24) is 0 Å². The van der Waals surface area contributed by atoms with E-state index in [4.69, 9.17) is 21.1 Å². The quantitative estimate of drug-likeness (QED) is 0.541. The number of carbonyl (C=O) groups excluding carboxylic acids is 3. The number of hydrogen-bond donors (Lipinski definition) is 2. The molecule has 7 nitrogen and oxygen atoms in total. The molecule has 8 heteroatoms. The van der Waals surface area contributed by atoms with Gasteiger partial charge in [0.25, 0.3) is 5.91 Å². The van der Waals surface area contributed by atoms with Crippen LogP contribution in [0.15, 0.2) is 77.5 Å². The second-order valence-electron chi connectivity index (χ2n) is 7.15. The highest BCUT2D eigenvalue weighted by Crippen LogP contribution is 2.30. The molecule has 0 aromatic heterocycles. The van der Waals surface area contributed by atoms with Crippen molar-refractivity contribution in [2.75, 3.05) is 24.9 Å². The summed E-state index contributed by atoms with van der Waals surface area (Å²) in [6.45, 7) is 0. The van der Waals surface area contributed by atoms with Crippen LogP contribution in [0.25, 0.3) is 0 Å². The molecule has 0 unspecified atom stereocenters. The first-order valence-corrected chi connectivity index (χ1v) is 10.3. The van der Waals surface area contributed by atoms with Gasteiger partial charge in [-0.1, -0.05) is 35.9 Å². The van der Waals surface area contributed by atoms with Crippen molar-refractivity contribution in [3.63, 3.8) is 0 Å². The predicted octanol–water partition coefficient (Wildman–Crippen LogP) is 4.90. The summed E-state index contributed by atoms with van der Waals surface area (Å²) in [6.07, 6.45) is 0. The van der Waals surface area contributed by atoms with Crippen molar-refractivity contribution < 1.29 is 23.9 Å². The maximum Gasteiger partial charge on any atom is 0.255 e. The van der Waals surface area contributed by atoms with Crippen molar-refractivity contribution in [3.8, 4) is 11.5 Å². The number of rotatable bonds is 6. The maximum atomic E-state index is 12.8. The van der Waals surface area contributed by atoms with E-state index in [0.29, 0.717) is 34.0 Å². The maximum absolute atomic E-state index is 12.8. The van der Waals surface area contributed by atoms with Crippen LogP contribution in [0, 0.1) is 0 Å². The van der Waals surface area contributed by atoms with Crippen LogP contribution in [-0.2, 0) is 0 Å². The summed E-state index contributed by atoms with van der Waals surface area (Å²) in [5.41, 5.74) is 1.97. The van der Waals surface area contributed by atoms with E-state index in [0.717, 1.165) is 0 Å². The number of Topliss-reactive ketones (excluding diaryl/α,β-unsaturated/α-hetero) is 2. The third-order valence-electron chi connectivity index (χ3n) is 5.09. The van der Waals surface area contributed by atoms with E-state index >= 15 is 0 Å². The average Bonchev–Trinajstić information content (AvgIpc) is 2.85. The zero-order valence-corrected chi connectivity index (χ0v) is 18.5. The lowest BCUT2D eigenvalue weighted by Gasteiger charge is -2.19. The minimum atomic E-state index is -0.418. The number of methoxy groups -OCH3 is 2. The molecule has 33 heavy (non-hydrogen) atoms. The lowest BCUT2D eigenvalue weighted by molar-refractivity contribution is 0.0982. The molecule has 0 saturated heterocycles. The summed E-state index contributed by atoms with van der Waals surface area (Å²) >= 11 is 6.19. The summed E-state index contributed by atoms with van der Waals surface area (Å²) in [5, 5.41) is 5.53. The lowest BCUT2D eigenvalue weighted by Crippen LogP contribution is -2.24. The molecular formula is C25H19ClN2O5. The van der Waals surface area contributed by atoms with Crippen molar-refractivity contribution in [1.29, 1.82) is 0 Å². The number of fused-ring (bicyclic) bond motifs is 1. The molecular weight excluding hydrogens is 444 g/mol. The van der Waals surface area contributed by atoms with Gasteiger partial charge >= 0.3 is 0 Å². The molecule has 0 bridgehead atoms. The van der Waals surface area contributed by atoms with Crippen LogP contribution < -0.4 is 20.1 Å². The van der Waals surface area contributed by atoms with E-state index in [9.17, 15) is 14.4 Å². The van der Waals surface area contributed by atoms with Gasteiger partial charge < -0.3 is 20.1 Å². The Labute approximate surface area is 195 Å². The first-order valence-electron chi connectivity index (χ1n) is 9.91. The van der Waals surface area contributed by atoms with Gasteiger partial charge in [-0.3, -0.25) is 14.4 Å². The third kappa shape index (κ3) is 4.44. The summed E-state index contributed by atoms with van der Waals surface area (Å²) in [6, 6.07) is 18.0. The molecule has 0 fully saturated rings. The largest absolute Gasteiger partial charge is 0.497 e. The van der Waals surface area contributed by atoms with Crippen LogP contribution in [0.3, 0.4) is 0 Å². The lowest BCUT2D eigenvalue weighted by atomic mass is 9.92. The Morgan fingerprint density at radius 2 is 1.36 bits per heavy atom. The fourth-order valence-electron chi connectivity index (χ4n) is 3.39. The van der Waals surface area contributed by atoms with E-state index in [1.165, 1.54) is 14.2 Å². The molecule has 166 valence electrons. The molecule has 1 aliphatic carbocycles. The van der Waals surface area contributed by atoms with Gasteiger partial charge in [-0.15, -0.1) is 0 Å². The Morgan fingerprint density at radius 1 is 0.788 bits per heavy atom. The molecule has 0 saturated carbocycles. The Kier molecular flexibility index (Phi) is 6.15. The summed E-state index contributed by atoms with van der Waals surface area (Å²) in [5.74, 6) is -0.0414. The number of anilines is 2. The first-order chi connectivity index (χ1) is 15.9. The van der Waals surface area contributed by atoms with Crippen LogP contribution in [0.4, 0.5) is 11.4 Å². The standard InChI is InChI=1S/C25H19ClN2O5/c1-32-17-11-16(12-18(13-17)33-2)28-25(31)14-7-9-15(10-8-14)27-22-21(26)23(29)19-5-3-4-6-20(19)24(22)30/h3-13,27H,1-2H3,(H,28,31). The molecule has 4 rings (SSSR count). The monoisotopic (exact) mass is 462 g/mol. The van der Waals surface area contributed by atoms with Crippen molar-refractivity contribution in [3.05, 3.63) is 94.1 Å². The SMILES string of the molecule is COc1cc(NC(=O)c2ccc(NC3=C(Cl)C(=O)c4ccccc4C3=O)cc2)cc(OC)c1. The number of ether oxygens (including phenoxy) is 2. The molecule has 3 aromatic rings. The molecule has 0 heterocycles. The number of hydrogen-bond acceptors (Lipinski definition) is 6. The Bertz CT molecular complexity index is 1280. The normalized spacial score (nSPS) is 12.8. The second kappa shape index (κ2) is 9.18. The third-order valence-corrected chi connectivity index (χ3v) is 5.45. The zero-order valence-electron chi connectivity index (χ0n) is 17.8. The fraction of sp³-hybridized carbons (Fsp3) is 0.0800. The highest BCUT2D eigenvalue weighted by Gasteiger charge is 2.31. The van der Waals surface area contributed by atoms with Gasteiger partial charge in [0.05, 0.1) is 14.2 Å². The van der Waals surface area contributed by atoms with E-state index < -0.39 is 5.78 Å². The molecule has 0 radical (unpaired) electrons. The van der Waals surface area contributed by atoms with Gasteiger partial charge in [0, 0.05) is 46.3 Å². The first kappa shape index (κ1) is 22.1. The van der Waals surface area contributed by atoms with E-state index in [1.54, 1.807) is 66.7 Å². The number of halogens is 1. The van der Waals surface area contributed by atoms with Crippen LogP contribution in [0.1, 0.15) is 31.1 Å². The van der Waals surface area contributed by atoms with Crippen LogP contribution >= 0.6 is 11.6 Å². The van der Waals surface area contributed by atoms with E-state index in [-0.39, 0.29) is 28.0 Å². The number of benzene rings is 3. The topological polar surface area (TPSA) is 93.7 Å². The summed E-state index contributed by atoms with van der Waals surface area (Å²) in [7, 11) is 3.05. The van der Waals surface area contributed by atoms with Crippen molar-refractivity contribution in [2.45, 2.75) is 0 Å². The number of amides is 1. The van der Waals surface area contributed by atoms with Gasteiger partial charge in [-0.25, -0.2) is 0 Å². The summed E-state index contributed by atoms with van der Waals surface area (Å²) < 4.78 is 10.4. The van der Waals surface area contributed by atoms with Crippen molar-refractivity contribution >= 4 is 40.4 Å². The Hall–Kier alpha value is -4.10. The minimum Gasteiger partial charge on any atom is -0.497 e. The molecule has 0 spiro atoms. The number of allylic oxidation sites excluding steroid dienone is 2. The number of ketones is 2. The summed E-state index contributed by atoms with van der Waals surface area (Å²) in [4.78, 5) is 38.0. The number of nitrogens with one attached hydrogen (secondary N) is 2. The molecule has 3 aromatic carbocycles. The molecule has 0 atom stereocenters. The molecule has 1 amide bonds. The highest BCUT2D eigenvalue weighted by atomic mass is 35.5.